The second-order valence-corrected chi connectivity index (χ2v) is 11.2. The van der Waals surface area contributed by atoms with Gasteiger partial charge in [0.2, 0.25) is 5.88 Å². The molecule has 0 radical (unpaired) electrons. The highest BCUT2D eigenvalue weighted by atomic mass is 32.1. The van der Waals surface area contributed by atoms with E-state index in [0.29, 0.717) is 38.2 Å². The number of aromatic nitrogens is 1. The number of aromatic hydroxyl groups is 1. The molecule has 0 fully saturated rings. The van der Waals surface area contributed by atoms with Gasteiger partial charge in [0, 0.05) is 27.4 Å². The number of aryl methyl sites for hydroxylation is 3. The van der Waals surface area contributed by atoms with Crippen molar-refractivity contribution in [3.8, 4) is 11.6 Å². The predicted octanol–water partition coefficient (Wildman–Crippen LogP) is 7.24. The van der Waals surface area contributed by atoms with Crippen molar-refractivity contribution < 1.29 is 9.90 Å². The van der Waals surface area contributed by atoms with Gasteiger partial charge in [-0.25, -0.2) is 9.56 Å². The number of pyridine rings is 1. The van der Waals surface area contributed by atoms with Gasteiger partial charge < -0.3 is 5.11 Å². The molecule has 0 bridgehead atoms. The minimum atomic E-state index is -0.300. The fourth-order valence-corrected chi connectivity index (χ4v) is 6.50. The number of aliphatic imine (C=N–C) groups is 1. The first kappa shape index (κ1) is 25.0. The summed E-state index contributed by atoms with van der Waals surface area (Å²) in [5.74, 6) is -0.209. The average Bonchev–Trinajstić information content (AvgIpc) is 3.32. The predicted molar refractivity (Wildman–Crippen MR) is 159 cm³/mol. The first-order valence-corrected chi connectivity index (χ1v) is 14.0. The van der Waals surface area contributed by atoms with E-state index in [-0.39, 0.29) is 17.2 Å². The topological polar surface area (TPSA) is 71.7 Å². The van der Waals surface area contributed by atoms with Crippen LogP contribution in [0.2, 0.25) is 0 Å². The van der Waals surface area contributed by atoms with Crippen LogP contribution in [0.3, 0.4) is 0 Å². The number of carbonyl (C=O) groups excluding carboxylic acids is 1. The number of ketones is 1. The molecule has 3 aromatic carbocycles. The molecule has 2 heterocycles. The summed E-state index contributed by atoms with van der Waals surface area (Å²) < 4.78 is 1.32. The third-order valence-electron chi connectivity index (χ3n) is 7.40. The molecule has 0 saturated carbocycles. The fraction of sp³-hybridized carbons (Fsp3) is 0.182. The van der Waals surface area contributed by atoms with Crippen LogP contribution in [0, 0.1) is 13.8 Å². The molecule has 1 aliphatic rings. The Bertz CT molecular complexity index is 1810. The number of carbonyl (C=O) groups is 1. The molecule has 39 heavy (non-hydrogen) atoms. The van der Waals surface area contributed by atoms with Crippen LogP contribution >= 0.6 is 11.3 Å². The summed E-state index contributed by atoms with van der Waals surface area (Å²) in [5, 5.41) is 13.2. The molecule has 0 amide bonds. The van der Waals surface area contributed by atoms with Crippen molar-refractivity contribution in [2.75, 3.05) is 0 Å². The lowest BCUT2D eigenvalue weighted by atomic mass is 9.92. The highest BCUT2D eigenvalue weighted by Crippen LogP contribution is 2.41. The van der Waals surface area contributed by atoms with Crippen LogP contribution in [-0.4, -0.2) is 21.7 Å². The maximum atomic E-state index is 13.8. The number of rotatable bonds is 5. The van der Waals surface area contributed by atoms with Gasteiger partial charge >= 0.3 is 0 Å². The van der Waals surface area contributed by atoms with Gasteiger partial charge in [-0.3, -0.25) is 9.59 Å². The van der Waals surface area contributed by atoms with Gasteiger partial charge in [-0.1, -0.05) is 65.7 Å². The summed E-state index contributed by atoms with van der Waals surface area (Å²) in [4.78, 5) is 33.2. The molecule has 0 unspecified atom stereocenters. The minimum absolute atomic E-state index is 0.0275. The van der Waals surface area contributed by atoms with Crippen LogP contribution in [0.5, 0.6) is 5.88 Å². The smallest absolute Gasteiger partial charge is 0.265 e. The van der Waals surface area contributed by atoms with Crippen LogP contribution in [0.4, 0.5) is 5.00 Å². The maximum Gasteiger partial charge on any atom is 0.265 e. The Morgan fingerprint density at radius 2 is 1.54 bits per heavy atom. The highest BCUT2D eigenvalue weighted by molar-refractivity contribution is 7.16. The van der Waals surface area contributed by atoms with Crippen molar-refractivity contribution in [1.29, 1.82) is 0 Å². The molecular formula is C33H28N2O3S. The molecule has 6 rings (SSSR count). The third-order valence-corrected chi connectivity index (χ3v) is 8.60. The number of nitrogens with zero attached hydrogens (tertiary/aromatic N) is 2. The van der Waals surface area contributed by atoms with Gasteiger partial charge in [0.25, 0.3) is 5.56 Å². The normalized spacial score (nSPS) is 13.2. The Morgan fingerprint density at radius 3 is 2.26 bits per heavy atom. The Balaban J connectivity index is 1.53. The zero-order valence-corrected chi connectivity index (χ0v) is 22.7. The molecule has 5 aromatic rings. The molecule has 0 spiro atoms. The van der Waals surface area contributed by atoms with Crippen LogP contribution in [0.1, 0.15) is 55.9 Å². The first-order chi connectivity index (χ1) is 18.9. The van der Waals surface area contributed by atoms with Crippen molar-refractivity contribution >= 4 is 39.1 Å². The van der Waals surface area contributed by atoms with Crippen molar-refractivity contribution in [2.45, 2.75) is 39.5 Å². The third kappa shape index (κ3) is 4.51. The Morgan fingerprint density at radius 1 is 0.897 bits per heavy atom. The Labute approximate surface area is 230 Å². The van der Waals surface area contributed by atoms with Gasteiger partial charge in [0.1, 0.15) is 5.00 Å². The number of thiophene rings is 1. The SMILES string of the molecule is Cc1ccc(C(=O)c2c(N=Cc3c(O)n(-c4ccc(C)cc4)c(=O)c4ccccc34)sc3c2CCCC3)cc1. The fourth-order valence-electron chi connectivity index (χ4n) is 5.27. The van der Waals surface area contributed by atoms with Crippen LogP contribution in [-0.2, 0) is 12.8 Å². The van der Waals surface area contributed by atoms with Gasteiger partial charge in [-0.05, 0) is 63.3 Å². The van der Waals surface area contributed by atoms with Crippen LogP contribution in [0.25, 0.3) is 16.5 Å². The van der Waals surface area contributed by atoms with E-state index in [4.69, 9.17) is 4.99 Å². The second-order valence-electron chi connectivity index (χ2n) is 10.1. The largest absolute Gasteiger partial charge is 0.494 e. The van der Waals surface area contributed by atoms with E-state index in [1.807, 2.05) is 80.6 Å². The van der Waals surface area contributed by atoms with E-state index >= 15 is 0 Å². The van der Waals surface area contributed by atoms with E-state index in [1.54, 1.807) is 23.6 Å². The maximum absolute atomic E-state index is 13.8. The molecule has 1 N–H and O–H groups in total. The summed E-state index contributed by atoms with van der Waals surface area (Å²) in [5.41, 5.74) is 5.27. The number of hydrogen-bond acceptors (Lipinski definition) is 5. The highest BCUT2D eigenvalue weighted by Gasteiger charge is 2.26. The lowest BCUT2D eigenvalue weighted by Crippen LogP contribution is -2.20. The van der Waals surface area contributed by atoms with Crippen molar-refractivity contribution in [3.63, 3.8) is 0 Å². The number of benzene rings is 3. The van der Waals surface area contributed by atoms with Gasteiger partial charge in [0.05, 0.1) is 16.8 Å². The zero-order chi connectivity index (χ0) is 27.1. The van der Waals surface area contributed by atoms with Crippen molar-refractivity contribution in [3.05, 3.63) is 121 Å². The molecule has 0 saturated heterocycles. The number of hydrogen-bond donors (Lipinski definition) is 1. The monoisotopic (exact) mass is 532 g/mol. The second kappa shape index (κ2) is 10.1. The molecule has 0 atom stereocenters. The van der Waals surface area contributed by atoms with Crippen molar-refractivity contribution in [2.24, 2.45) is 4.99 Å². The summed E-state index contributed by atoms with van der Waals surface area (Å²) in [7, 11) is 0. The van der Waals surface area contributed by atoms with E-state index < -0.39 is 0 Å². The molecule has 6 heteroatoms. The van der Waals surface area contributed by atoms with Gasteiger partial charge in [-0.2, -0.15) is 0 Å². The van der Waals surface area contributed by atoms with Gasteiger partial charge in [-0.15, -0.1) is 11.3 Å². The zero-order valence-electron chi connectivity index (χ0n) is 21.9. The van der Waals surface area contributed by atoms with E-state index in [9.17, 15) is 14.7 Å². The van der Waals surface area contributed by atoms with Crippen LogP contribution in [0.15, 0.2) is 82.6 Å². The average molecular weight is 533 g/mol. The molecule has 0 aliphatic heterocycles. The minimum Gasteiger partial charge on any atom is -0.494 e. The molecular weight excluding hydrogens is 504 g/mol. The summed E-state index contributed by atoms with van der Waals surface area (Å²) in [6.45, 7) is 3.98. The summed E-state index contributed by atoms with van der Waals surface area (Å²) >= 11 is 1.56. The lowest BCUT2D eigenvalue weighted by Gasteiger charge is -2.14. The first-order valence-electron chi connectivity index (χ1n) is 13.2. The summed E-state index contributed by atoms with van der Waals surface area (Å²) in [6.07, 6.45) is 5.55. The van der Waals surface area contributed by atoms with Crippen molar-refractivity contribution in [1.82, 2.24) is 4.57 Å². The Kier molecular flexibility index (Phi) is 6.49. The molecule has 194 valence electrons. The standard InChI is InChI=1S/C33H28N2O3S/c1-20-11-15-22(16-12-20)30(36)29-26-9-5-6-10-28(26)39-31(29)34-19-27-24-7-3-4-8-25(24)32(37)35(33(27)38)23-17-13-21(2)14-18-23/h3-4,7-8,11-19,38H,5-6,9-10H2,1-2H3. The van der Waals surface area contributed by atoms with E-state index in [1.165, 1.54) is 9.44 Å². The molecule has 5 nitrogen and oxygen atoms in total. The van der Waals surface area contributed by atoms with Crippen LogP contribution < -0.4 is 5.56 Å². The van der Waals surface area contributed by atoms with E-state index in [2.05, 4.69) is 0 Å². The Hall–Kier alpha value is -4.29. The summed E-state index contributed by atoms with van der Waals surface area (Å²) in [6, 6.07) is 22.3. The molecule has 1 aliphatic carbocycles. The lowest BCUT2D eigenvalue weighted by molar-refractivity contribution is 0.103. The van der Waals surface area contributed by atoms with Gasteiger partial charge in [0.15, 0.2) is 5.78 Å². The molecule has 2 aromatic heterocycles. The quantitative estimate of drug-likeness (QED) is 0.192. The van der Waals surface area contributed by atoms with E-state index in [0.717, 1.165) is 42.4 Å². The number of fused-ring (bicyclic) bond motifs is 2.